The molecule has 0 aliphatic heterocycles. The first kappa shape index (κ1) is 18.2. The summed E-state index contributed by atoms with van der Waals surface area (Å²) in [7, 11) is 0. The summed E-state index contributed by atoms with van der Waals surface area (Å²) in [6, 6.07) is 6.91. The molecule has 25 heavy (non-hydrogen) atoms. The zero-order valence-electron chi connectivity index (χ0n) is 14.2. The van der Waals surface area contributed by atoms with Crippen molar-refractivity contribution in [3.63, 3.8) is 0 Å². The van der Waals surface area contributed by atoms with Gasteiger partial charge in [0.1, 0.15) is 11.7 Å². The van der Waals surface area contributed by atoms with Crippen molar-refractivity contribution in [3.8, 4) is 0 Å². The minimum atomic E-state index is -1.11. The lowest BCUT2D eigenvalue weighted by molar-refractivity contribution is -0.138. The zero-order valence-corrected chi connectivity index (χ0v) is 14.2. The molecule has 1 aromatic carbocycles. The number of hydrogen-bond donors (Lipinski definition) is 3. The molecule has 2 rings (SSSR count). The van der Waals surface area contributed by atoms with E-state index in [0.717, 1.165) is 5.69 Å². The highest BCUT2D eigenvalue weighted by atomic mass is 16.4. The van der Waals surface area contributed by atoms with Gasteiger partial charge in [0.25, 0.3) is 11.8 Å². The van der Waals surface area contributed by atoms with Crippen LogP contribution in [0.1, 0.15) is 40.4 Å². The van der Waals surface area contributed by atoms with Gasteiger partial charge in [-0.25, -0.2) is 0 Å². The van der Waals surface area contributed by atoms with Crippen molar-refractivity contribution in [1.82, 2.24) is 15.1 Å². The van der Waals surface area contributed by atoms with Crippen LogP contribution >= 0.6 is 0 Å². The van der Waals surface area contributed by atoms with Gasteiger partial charge >= 0.3 is 5.97 Å². The normalized spacial score (nSPS) is 11.6. The second kappa shape index (κ2) is 7.61. The minimum Gasteiger partial charge on any atom is -0.480 e. The molecule has 2 amide bonds. The van der Waals surface area contributed by atoms with Crippen molar-refractivity contribution in [1.29, 1.82) is 0 Å². The average molecular weight is 344 g/mol. The molecule has 8 nitrogen and oxygen atoms in total. The summed E-state index contributed by atoms with van der Waals surface area (Å²) in [5.41, 5.74) is 2.04. The number of rotatable bonds is 6. The molecule has 1 aromatic heterocycles. The van der Waals surface area contributed by atoms with Gasteiger partial charge in [-0.1, -0.05) is 0 Å². The van der Waals surface area contributed by atoms with Crippen LogP contribution in [0.4, 0.5) is 5.69 Å². The number of anilines is 1. The lowest BCUT2D eigenvalue weighted by atomic mass is 10.1. The number of benzene rings is 1. The monoisotopic (exact) mass is 344 g/mol. The van der Waals surface area contributed by atoms with E-state index in [4.69, 9.17) is 5.11 Å². The van der Waals surface area contributed by atoms with E-state index in [1.54, 1.807) is 22.9 Å². The Labute approximate surface area is 144 Å². The molecule has 132 valence electrons. The molecule has 0 radical (unpaired) electrons. The summed E-state index contributed by atoms with van der Waals surface area (Å²) in [5, 5.41) is 18.1. The Morgan fingerprint density at radius 2 is 1.84 bits per heavy atom. The summed E-state index contributed by atoms with van der Waals surface area (Å²) in [6.45, 7) is 5.67. The van der Waals surface area contributed by atoms with Crippen LogP contribution in [0.2, 0.25) is 0 Å². The largest absolute Gasteiger partial charge is 0.480 e. The van der Waals surface area contributed by atoms with Crippen LogP contribution in [0.25, 0.3) is 0 Å². The van der Waals surface area contributed by atoms with E-state index in [1.807, 2.05) is 13.8 Å². The number of hydrogen-bond acceptors (Lipinski definition) is 4. The van der Waals surface area contributed by atoms with Gasteiger partial charge in [-0.2, -0.15) is 5.10 Å². The SMILES string of the molecule is CCn1nc(C)cc1C(=O)Nc1ccc(C(=O)NC(C)C(=O)O)cc1. The molecule has 0 saturated carbocycles. The van der Waals surface area contributed by atoms with Crippen LogP contribution in [-0.4, -0.2) is 38.7 Å². The van der Waals surface area contributed by atoms with E-state index >= 15 is 0 Å². The van der Waals surface area contributed by atoms with Crippen molar-refractivity contribution >= 4 is 23.5 Å². The van der Waals surface area contributed by atoms with E-state index in [9.17, 15) is 14.4 Å². The minimum absolute atomic E-state index is 0.292. The number of amides is 2. The predicted octanol–water partition coefficient (Wildman–Crippen LogP) is 1.67. The summed E-state index contributed by atoms with van der Waals surface area (Å²) in [4.78, 5) is 35.0. The Balaban J connectivity index is 2.06. The molecule has 2 aromatic rings. The van der Waals surface area contributed by atoms with Crippen molar-refractivity contribution in [2.75, 3.05) is 5.32 Å². The molecule has 0 fully saturated rings. The highest BCUT2D eigenvalue weighted by Crippen LogP contribution is 2.12. The van der Waals surface area contributed by atoms with Gasteiger partial charge in [-0.3, -0.25) is 19.1 Å². The van der Waals surface area contributed by atoms with E-state index in [2.05, 4.69) is 15.7 Å². The van der Waals surface area contributed by atoms with Crippen LogP contribution in [0, 0.1) is 6.92 Å². The maximum absolute atomic E-state index is 12.3. The van der Waals surface area contributed by atoms with Crippen molar-refractivity contribution in [2.24, 2.45) is 0 Å². The first-order valence-electron chi connectivity index (χ1n) is 7.81. The number of carbonyl (C=O) groups excluding carboxylic acids is 2. The molecule has 0 saturated heterocycles. The standard InChI is InChI=1S/C17H20N4O4/c1-4-21-14(9-10(2)20-21)16(23)19-13-7-5-12(6-8-13)15(22)18-11(3)17(24)25/h5-9,11H,4H2,1-3H3,(H,18,22)(H,19,23)(H,24,25). The molecule has 0 bridgehead atoms. The fraction of sp³-hybridized carbons (Fsp3) is 0.294. The molecule has 3 N–H and O–H groups in total. The van der Waals surface area contributed by atoms with Crippen LogP contribution in [0.3, 0.4) is 0 Å². The van der Waals surface area contributed by atoms with Gasteiger partial charge in [0.15, 0.2) is 0 Å². The number of aryl methyl sites for hydroxylation is 2. The van der Waals surface area contributed by atoms with Gasteiger partial charge in [0.05, 0.1) is 5.69 Å². The van der Waals surface area contributed by atoms with Crippen LogP contribution < -0.4 is 10.6 Å². The van der Waals surface area contributed by atoms with E-state index in [-0.39, 0.29) is 5.91 Å². The predicted molar refractivity (Wildman–Crippen MR) is 91.6 cm³/mol. The average Bonchev–Trinajstić information content (AvgIpc) is 2.96. The number of carbonyl (C=O) groups is 3. The second-order valence-electron chi connectivity index (χ2n) is 5.55. The van der Waals surface area contributed by atoms with Gasteiger partial charge in [-0.15, -0.1) is 0 Å². The topological polar surface area (TPSA) is 113 Å². The smallest absolute Gasteiger partial charge is 0.325 e. The third-order valence-corrected chi connectivity index (χ3v) is 3.56. The Morgan fingerprint density at radius 3 is 2.40 bits per heavy atom. The first-order valence-corrected chi connectivity index (χ1v) is 7.81. The fourth-order valence-electron chi connectivity index (χ4n) is 2.21. The lowest BCUT2D eigenvalue weighted by Crippen LogP contribution is -2.38. The highest BCUT2D eigenvalue weighted by molar-refractivity contribution is 6.03. The third kappa shape index (κ3) is 4.43. The molecule has 1 heterocycles. The van der Waals surface area contributed by atoms with Gasteiger partial charge < -0.3 is 15.7 Å². The van der Waals surface area contributed by atoms with Crippen LogP contribution in [-0.2, 0) is 11.3 Å². The number of nitrogens with zero attached hydrogens (tertiary/aromatic N) is 2. The molecule has 0 aliphatic carbocycles. The number of carboxylic acid groups (broad SMARTS) is 1. The van der Waals surface area contributed by atoms with Gasteiger partial charge in [0.2, 0.25) is 0 Å². The maximum atomic E-state index is 12.3. The van der Waals surface area contributed by atoms with E-state index in [1.165, 1.54) is 19.1 Å². The van der Waals surface area contributed by atoms with Gasteiger partial charge in [-0.05, 0) is 51.1 Å². The zero-order chi connectivity index (χ0) is 18.6. The summed E-state index contributed by atoms with van der Waals surface area (Å²) < 4.78 is 1.61. The van der Waals surface area contributed by atoms with Crippen LogP contribution in [0.15, 0.2) is 30.3 Å². The lowest BCUT2D eigenvalue weighted by Gasteiger charge is -2.10. The number of nitrogens with one attached hydrogen (secondary N) is 2. The Kier molecular flexibility index (Phi) is 5.53. The van der Waals surface area contributed by atoms with Crippen molar-refractivity contribution in [3.05, 3.63) is 47.3 Å². The molecule has 8 heteroatoms. The Morgan fingerprint density at radius 1 is 1.20 bits per heavy atom. The van der Waals surface area contributed by atoms with E-state index < -0.39 is 17.9 Å². The maximum Gasteiger partial charge on any atom is 0.325 e. The first-order chi connectivity index (χ1) is 11.8. The van der Waals surface area contributed by atoms with Crippen LogP contribution in [0.5, 0.6) is 0 Å². The quantitative estimate of drug-likeness (QED) is 0.737. The molecule has 1 unspecified atom stereocenters. The number of carboxylic acids is 1. The molecular formula is C17H20N4O4. The van der Waals surface area contributed by atoms with Crippen molar-refractivity contribution < 1.29 is 19.5 Å². The summed E-state index contributed by atoms with van der Waals surface area (Å²) in [5.74, 6) is -1.90. The molecule has 0 spiro atoms. The number of aromatic nitrogens is 2. The van der Waals surface area contributed by atoms with Crippen molar-refractivity contribution in [2.45, 2.75) is 33.4 Å². The molecule has 0 aliphatic rings. The summed E-state index contributed by atoms with van der Waals surface area (Å²) >= 11 is 0. The molecular weight excluding hydrogens is 324 g/mol. The van der Waals surface area contributed by atoms with E-state index in [0.29, 0.717) is 23.5 Å². The summed E-state index contributed by atoms with van der Waals surface area (Å²) in [6.07, 6.45) is 0. The second-order valence-corrected chi connectivity index (χ2v) is 5.55. The van der Waals surface area contributed by atoms with Gasteiger partial charge in [0, 0.05) is 17.8 Å². The highest BCUT2D eigenvalue weighted by Gasteiger charge is 2.16. The Hall–Kier alpha value is -3.16. The Bertz CT molecular complexity index is 795. The molecule has 1 atom stereocenters. The third-order valence-electron chi connectivity index (χ3n) is 3.56. The number of aliphatic carboxylic acids is 1. The fourth-order valence-corrected chi connectivity index (χ4v) is 2.21.